The van der Waals surface area contributed by atoms with Gasteiger partial charge >= 0.3 is 6.03 Å². The van der Waals surface area contributed by atoms with E-state index in [9.17, 15) is 4.79 Å². The van der Waals surface area contributed by atoms with Gasteiger partial charge in [-0.15, -0.1) is 0 Å². The van der Waals surface area contributed by atoms with Crippen LogP contribution >= 0.6 is 11.6 Å². The van der Waals surface area contributed by atoms with Crippen molar-refractivity contribution >= 4 is 34.7 Å². The second-order valence-electron chi connectivity index (χ2n) is 4.32. The second kappa shape index (κ2) is 6.76. The van der Waals surface area contributed by atoms with E-state index in [2.05, 4.69) is 15.8 Å². The minimum Gasteiger partial charge on any atom is -0.411 e. The van der Waals surface area contributed by atoms with Gasteiger partial charge in [-0.2, -0.15) is 0 Å². The van der Waals surface area contributed by atoms with Gasteiger partial charge in [-0.1, -0.05) is 41.0 Å². The number of carbonyl (C=O) groups excluding carboxylic acids is 1. The number of nitrogens with one attached hydrogen (secondary N) is 2. The smallest absolute Gasteiger partial charge is 0.323 e. The van der Waals surface area contributed by atoms with E-state index in [0.717, 1.165) is 0 Å². The Bertz CT molecular complexity index is 686. The van der Waals surface area contributed by atoms with Gasteiger partial charge in [-0.25, -0.2) is 4.79 Å². The molecule has 21 heavy (non-hydrogen) atoms. The topological polar surface area (TPSA) is 73.7 Å². The van der Waals surface area contributed by atoms with Gasteiger partial charge in [0.25, 0.3) is 0 Å². The highest BCUT2D eigenvalue weighted by Gasteiger charge is 2.09. The molecule has 0 saturated carbocycles. The van der Waals surface area contributed by atoms with Gasteiger partial charge in [0.1, 0.15) is 0 Å². The SMILES string of the molecule is C/C(=N\O)c1ccccc1NC(=O)Nc1cccc(Cl)c1. The molecular formula is C15H14ClN3O2. The van der Waals surface area contributed by atoms with Crippen LogP contribution in [0.25, 0.3) is 0 Å². The largest absolute Gasteiger partial charge is 0.411 e. The van der Waals surface area contributed by atoms with E-state index in [1.165, 1.54) is 0 Å². The zero-order valence-electron chi connectivity index (χ0n) is 11.3. The van der Waals surface area contributed by atoms with Gasteiger partial charge in [0.05, 0.1) is 11.4 Å². The maximum Gasteiger partial charge on any atom is 0.323 e. The van der Waals surface area contributed by atoms with Crippen molar-refractivity contribution < 1.29 is 10.0 Å². The van der Waals surface area contributed by atoms with Gasteiger partial charge in [0.15, 0.2) is 0 Å². The third-order valence-corrected chi connectivity index (χ3v) is 3.03. The summed E-state index contributed by atoms with van der Waals surface area (Å²) in [6.45, 7) is 1.65. The molecule has 0 heterocycles. The van der Waals surface area contributed by atoms with Crippen molar-refractivity contribution in [1.29, 1.82) is 0 Å². The molecule has 0 aliphatic heterocycles. The average molecular weight is 304 g/mol. The maximum atomic E-state index is 12.0. The highest BCUT2D eigenvalue weighted by molar-refractivity contribution is 6.30. The van der Waals surface area contributed by atoms with Crippen LogP contribution in [0.4, 0.5) is 16.2 Å². The van der Waals surface area contributed by atoms with E-state index >= 15 is 0 Å². The predicted octanol–water partition coefficient (Wildman–Crippen LogP) is 4.18. The monoisotopic (exact) mass is 303 g/mol. The van der Waals surface area contributed by atoms with Crippen LogP contribution in [0.2, 0.25) is 5.02 Å². The minimum absolute atomic E-state index is 0.407. The Morgan fingerprint density at radius 1 is 1.14 bits per heavy atom. The molecule has 2 amide bonds. The average Bonchev–Trinajstić information content (AvgIpc) is 2.47. The Hall–Kier alpha value is -2.53. The Kier molecular flexibility index (Phi) is 4.79. The van der Waals surface area contributed by atoms with Gasteiger partial charge in [-0.3, -0.25) is 0 Å². The third kappa shape index (κ3) is 3.97. The van der Waals surface area contributed by atoms with Crippen LogP contribution in [-0.4, -0.2) is 17.0 Å². The fourth-order valence-electron chi connectivity index (χ4n) is 1.81. The minimum atomic E-state index is -0.407. The van der Waals surface area contributed by atoms with Crippen molar-refractivity contribution in [2.24, 2.45) is 5.16 Å². The molecule has 2 aromatic carbocycles. The summed E-state index contributed by atoms with van der Waals surface area (Å²) in [4.78, 5) is 12.0. The molecule has 2 rings (SSSR count). The van der Waals surface area contributed by atoms with E-state index in [1.807, 2.05) is 0 Å². The summed E-state index contributed by atoms with van der Waals surface area (Å²) in [5, 5.41) is 17.9. The van der Waals surface area contributed by atoms with Gasteiger partial charge in [0.2, 0.25) is 0 Å². The zero-order chi connectivity index (χ0) is 15.2. The predicted molar refractivity (Wildman–Crippen MR) is 84.5 cm³/mol. The number of anilines is 2. The number of hydrogen-bond donors (Lipinski definition) is 3. The number of carbonyl (C=O) groups is 1. The molecule has 0 aromatic heterocycles. The Morgan fingerprint density at radius 3 is 2.62 bits per heavy atom. The number of hydrogen-bond acceptors (Lipinski definition) is 3. The van der Waals surface area contributed by atoms with E-state index < -0.39 is 6.03 Å². The molecule has 0 bridgehead atoms. The zero-order valence-corrected chi connectivity index (χ0v) is 12.1. The van der Waals surface area contributed by atoms with Crippen molar-refractivity contribution in [3.8, 4) is 0 Å². The summed E-state index contributed by atoms with van der Waals surface area (Å²) in [7, 11) is 0. The molecule has 0 spiro atoms. The van der Waals surface area contributed by atoms with Crippen LogP contribution in [0, 0.1) is 0 Å². The summed E-state index contributed by atoms with van der Waals surface area (Å²) in [6.07, 6.45) is 0. The normalized spacial score (nSPS) is 11.0. The molecule has 0 aliphatic rings. The van der Waals surface area contributed by atoms with Gasteiger partial charge in [0, 0.05) is 16.3 Å². The number of urea groups is 1. The molecule has 3 N–H and O–H groups in total. The number of nitrogens with zero attached hydrogens (tertiary/aromatic N) is 1. The van der Waals surface area contributed by atoms with E-state index in [4.69, 9.17) is 16.8 Å². The highest BCUT2D eigenvalue weighted by atomic mass is 35.5. The molecule has 108 valence electrons. The number of halogens is 1. The first-order valence-electron chi connectivity index (χ1n) is 6.22. The van der Waals surface area contributed by atoms with Crippen molar-refractivity contribution in [3.63, 3.8) is 0 Å². The van der Waals surface area contributed by atoms with Crippen molar-refractivity contribution in [2.75, 3.05) is 10.6 Å². The standard InChI is InChI=1S/C15H14ClN3O2/c1-10(19-21)13-7-2-3-8-14(13)18-15(20)17-12-6-4-5-11(16)9-12/h2-9,21H,1H3,(H2,17,18,20)/b19-10+. The summed E-state index contributed by atoms with van der Waals surface area (Å²) >= 11 is 5.86. The number of benzene rings is 2. The highest BCUT2D eigenvalue weighted by Crippen LogP contribution is 2.18. The summed E-state index contributed by atoms with van der Waals surface area (Å²) < 4.78 is 0. The Balaban J connectivity index is 2.13. The molecule has 5 nitrogen and oxygen atoms in total. The van der Waals surface area contributed by atoms with Crippen molar-refractivity contribution in [2.45, 2.75) is 6.92 Å². The molecule has 6 heteroatoms. The lowest BCUT2D eigenvalue weighted by atomic mass is 10.1. The summed E-state index contributed by atoms with van der Waals surface area (Å²) in [5.74, 6) is 0. The fourth-order valence-corrected chi connectivity index (χ4v) is 2.00. The van der Waals surface area contributed by atoms with E-state index in [0.29, 0.717) is 27.7 Å². The number of amides is 2. The van der Waals surface area contributed by atoms with Crippen LogP contribution in [0.3, 0.4) is 0 Å². The molecule has 2 aromatic rings. The number of oxime groups is 1. The summed E-state index contributed by atoms with van der Waals surface area (Å²) in [5.41, 5.74) is 2.19. The molecule has 0 aliphatic carbocycles. The quantitative estimate of drug-likeness (QED) is 0.452. The van der Waals surface area contributed by atoms with Crippen molar-refractivity contribution in [3.05, 3.63) is 59.1 Å². The first kappa shape index (κ1) is 14.9. The summed E-state index contributed by atoms with van der Waals surface area (Å²) in [6, 6.07) is 13.5. The van der Waals surface area contributed by atoms with Crippen molar-refractivity contribution in [1.82, 2.24) is 0 Å². The first-order chi connectivity index (χ1) is 10.1. The second-order valence-corrected chi connectivity index (χ2v) is 4.76. The maximum absolute atomic E-state index is 12.0. The van der Waals surface area contributed by atoms with Crippen LogP contribution in [0.15, 0.2) is 53.7 Å². The molecule has 0 saturated heterocycles. The molecular weight excluding hydrogens is 290 g/mol. The van der Waals surface area contributed by atoms with Crippen LogP contribution in [0.1, 0.15) is 12.5 Å². The van der Waals surface area contributed by atoms with Crippen LogP contribution in [-0.2, 0) is 0 Å². The van der Waals surface area contributed by atoms with Crippen LogP contribution < -0.4 is 10.6 Å². The molecule has 0 fully saturated rings. The Morgan fingerprint density at radius 2 is 1.90 bits per heavy atom. The van der Waals surface area contributed by atoms with Gasteiger partial charge in [-0.05, 0) is 31.2 Å². The van der Waals surface area contributed by atoms with E-state index in [1.54, 1.807) is 55.5 Å². The molecule has 0 radical (unpaired) electrons. The lowest BCUT2D eigenvalue weighted by Gasteiger charge is -2.11. The Labute approximate surface area is 127 Å². The first-order valence-corrected chi connectivity index (χ1v) is 6.59. The molecule has 0 atom stereocenters. The number of para-hydroxylation sites is 1. The third-order valence-electron chi connectivity index (χ3n) is 2.80. The fraction of sp³-hybridized carbons (Fsp3) is 0.0667. The lowest BCUT2D eigenvalue weighted by Crippen LogP contribution is -2.20. The number of rotatable bonds is 3. The van der Waals surface area contributed by atoms with Crippen LogP contribution in [0.5, 0.6) is 0 Å². The van der Waals surface area contributed by atoms with Gasteiger partial charge < -0.3 is 15.8 Å². The molecule has 0 unspecified atom stereocenters. The lowest BCUT2D eigenvalue weighted by molar-refractivity contribution is 0.262. The van der Waals surface area contributed by atoms with E-state index in [-0.39, 0.29) is 0 Å².